The topological polar surface area (TPSA) is 83.8 Å². The summed E-state index contributed by atoms with van der Waals surface area (Å²) in [6.45, 7) is 5.12. The highest BCUT2D eigenvalue weighted by atomic mass is 16.5. The summed E-state index contributed by atoms with van der Waals surface area (Å²) in [5, 5.41) is 5.82. The van der Waals surface area contributed by atoms with E-state index in [1.807, 2.05) is 43.3 Å². The monoisotopic (exact) mass is 437 g/mol. The van der Waals surface area contributed by atoms with E-state index in [0.29, 0.717) is 30.4 Å². The minimum Gasteiger partial charge on any atom is -0.468 e. The van der Waals surface area contributed by atoms with Gasteiger partial charge in [-0.1, -0.05) is 42.7 Å². The SMILES string of the molecule is CCOC(=O)C1=C(CN(Cc2ccco2)C2CCCC2)NC(=O)NC1c1ccc(C)cc1. The molecule has 0 bridgehead atoms. The predicted molar refractivity (Wildman–Crippen MR) is 121 cm³/mol. The van der Waals surface area contributed by atoms with E-state index in [1.54, 1.807) is 13.2 Å². The summed E-state index contributed by atoms with van der Waals surface area (Å²) in [5.74, 6) is 0.454. The fraction of sp³-hybridized carbons (Fsp3) is 0.440. The lowest BCUT2D eigenvalue weighted by Gasteiger charge is -2.34. The lowest BCUT2D eigenvalue weighted by Crippen LogP contribution is -2.49. The van der Waals surface area contributed by atoms with Crippen LogP contribution in [-0.4, -0.2) is 36.1 Å². The third kappa shape index (κ3) is 5.05. The predicted octanol–water partition coefficient (Wildman–Crippen LogP) is 4.20. The molecule has 1 aliphatic carbocycles. The zero-order valence-corrected chi connectivity index (χ0v) is 18.7. The number of carbonyl (C=O) groups excluding carboxylic acids is 2. The number of urea groups is 1. The largest absolute Gasteiger partial charge is 0.468 e. The van der Waals surface area contributed by atoms with E-state index in [1.165, 1.54) is 12.8 Å². The lowest BCUT2D eigenvalue weighted by molar-refractivity contribution is -0.139. The Morgan fingerprint density at radius 2 is 1.91 bits per heavy atom. The Morgan fingerprint density at radius 1 is 1.16 bits per heavy atom. The van der Waals surface area contributed by atoms with Gasteiger partial charge in [-0.05, 0) is 44.4 Å². The average Bonchev–Trinajstić information content (AvgIpc) is 3.48. The molecule has 1 aromatic carbocycles. The molecule has 1 atom stereocenters. The van der Waals surface area contributed by atoms with Crippen LogP contribution in [0.15, 0.2) is 58.3 Å². The second kappa shape index (κ2) is 10.0. The molecule has 1 aliphatic heterocycles. The minimum absolute atomic E-state index is 0.267. The Bertz CT molecular complexity index is 960. The smallest absolute Gasteiger partial charge is 0.338 e. The maximum atomic E-state index is 13.1. The minimum atomic E-state index is -0.563. The molecule has 1 saturated carbocycles. The molecular weight excluding hydrogens is 406 g/mol. The number of hydrogen-bond acceptors (Lipinski definition) is 5. The average molecular weight is 438 g/mol. The van der Waals surface area contributed by atoms with Crippen molar-refractivity contribution in [1.82, 2.24) is 15.5 Å². The second-order valence-electron chi connectivity index (χ2n) is 8.48. The van der Waals surface area contributed by atoms with Crippen molar-refractivity contribution in [3.63, 3.8) is 0 Å². The van der Waals surface area contributed by atoms with E-state index in [-0.39, 0.29) is 12.6 Å². The molecule has 2 aromatic rings. The highest BCUT2D eigenvalue weighted by Crippen LogP contribution is 2.31. The number of rotatable bonds is 8. The van der Waals surface area contributed by atoms with Gasteiger partial charge in [-0.15, -0.1) is 0 Å². The van der Waals surface area contributed by atoms with Crippen LogP contribution < -0.4 is 10.6 Å². The summed E-state index contributed by atoms with van der Waals surface area (Å²) in [6.07, 6.45) is 6.23. The molecule has 2 aliphatic rings. The van der Waals surface area contributed by atoms with Crippen molar-refractivity contribution in [3.05, 3.63) is 70.8 Å². The van der Waals surface area contributed by atoms with Gasteiger partial charge in [0.05, 0.1) is 31.0 Å². The van der Waals surface area contributed by atoms with Gasteiger partial charge in [-0.2, -0.15) is 0 Å². The summed E-state index contributed by atoms with van der Waals surface area (Å²) >= 11 is 0. The number of esters is 1. The van der Waals surface area contributed by atoms with E-state index >= 15 is 0 Å². The maximum Gasteiger partial charge on any atom is 0.338 e. The van der Waals surface area contributed by atoms with E-state index in [0.717, 1.165) is 29.7 Å². The number of benzene rings is 1. The molecule has 170 valence electrons. The maximum absolute atomic E-state index is 13.1. The molecule has 0 saturated heterocycles. The first-order valence-corrected chi connectivity index (χ1v) is 11.4. The highest BCUT2D eigenvalue weighted by molar-refractivity contribution is 5.95. The van der Waals surface area contributed by atoms with Gasteiger partial charge in [0.15, 0.2) is 0 Å². The third-order valence-corrected chi connectivity index (χ3v) is 6.20. The van der Waals surface area contributed by atoms with Gasteiger partial charge in [0.2, 0.25) is 0 Å². The van der Waals surface area contributed by atoms with Crippen LogP contribution in [0.1, 0.15) is 55.5 Å². The van der Waals surface area contributed by atoms with Crippen molar-refractivity contribution < 1.29 is 18.7 Å². The molecule has 1 aromatic heterocycles. The van der Waals surface area contributed by atoms with E-state index in [4.69, 9.17) is 9.15 Å². The number of amides is 2. The lowest BCUT2D eigenvalue weighted by atomic mass is 9.94. The van der Waals surface area contributed by atoms with E-state index < -0.39 is 12.0 Å². The molecule has 2 N–H and O–H groups in total. The van der Waals surface area contributed by atoms with Crippen LogP contribution in [-0.2, 0) is 16.1 Å². The fourth-order valence-corrected chi connectivity index (χ4v) is 4.59. The van der Waals surface area contributed by atoms with Crippen LogP contribution in [0.4, 0.5) is 4.79 Å². The number of nitrogens with zero attached hydrogens (tertiary/aromatic N) is 1. The van der Waals surface area contributed by atoms with Crippen LogP contribution in [0, 0.1) is 6.92 Å². The summed E-state index contributed by atoms with van der Waals surface area (Å²) in [5.41, 5.74) is 3.01. The van der Waals surface area contributed by atoms with Crippen molar-refractivity contribution in [2.75, 3.05) is 13.2 Å². The normalized spacial score (nSPS) is 19.2. The van der Waals surface area contributed by atoms with Crippen LogP contribution in [0.3, 0.4) is 0 Å². The fourth-order valence-electron chi connectivity index (χ4n) is 4.59. The molecule has 1 fully saturated rings. The quantitative estimate of drug-likeness (QED) is 0.605. The number of hydrogen-bond donors (Lipinski definition) is 2. The molecule has 2 heterocycles. The summed E-state index contributed by atoms with van der Waals surface area (Å²) in [7, 11) is 0. The summed E-state index contributed by atoms with van der Waals surface area (Å²) in [6, 6.07) is 11.2. The van der Waals surface area contributed by atoms with Gasteiger partial charge >= 0.3 is 12.0 Å². The highest BCUT2D eigenvalue weighted by Gasteiger charge is 2.35. The van der Waals surface area contributed by atoms with Crippen molar-refractivity contribution >= 4 is 12.0 Å². The molecule has 7 nitrogen and oxygen atoms in total. The zero-order valence-electron chi connectivity index (χ0n) is 18.7. The van der Waals surface area contributed by atoms with Gasteiger partial charge < -0.3 is 19.8 Å². The molecule has 1 unspecified atom stereocenters. The van der Waals surface area contributed by atoms with Crippen molar-refractivity contribution in [3.8, 4) is 0 Å². The molecule has 2 amide bonds. The van der Waals surface area contributed by atoms with Gasteiger partial charge in [0, 0.05) is 18.3 Å². The van der Waals surface area contributed by atoms with Crippen LogP contribution in [0.5, 0.6) is 0 Å². The number of nitrogens with one attached hydrogen (secondary N) is 2. The Kier molecular flexibility index (Phi) is 6.95. The van der Waals surface area contributed by atoms with Crippen LogP contribution in [0.2, 0.25) is 0 Å². The van der Waals surface area contributed by atoms with Gasteiger partial charge in [-0.25, -0.2) is 9.59 Å². The number of ether oxygens (including phenoxy) is 1. The van der Waals surface area contributed by atoms with E-state index in [2.05, 4.69) is 15.5 Å². The molecule has 7 heteroatoms. The first-order chi connectivity index (χ1) is 15.5. The first kappa shape index (κ1) is 22.1. The van der Waals surface area contributed by atoms with Crippen LogP contribution >= 0.6 is 0 Å². The number of aryl methyl sites for hydroxylation is 1. The number of furan rings is 1. The molecule has 0 spiro atoms. The second-order valence-corrected chi connectivity index (χ2v) is 8.48. The van der Waals surface area contributed by atoms with Gasteiger partial charge in [0.1, 0.15) is 5.76 Å². The van der Waals surface area contributed by atoms with E-state index in [9.17, 15) is 9.59 Å². The molecule has 0 radical (unpaired) electrons. The van der Waals surface area contributed by atoms with Crippen LogP contribution in [0.25, 0.3) is 0 Å². The summed E-state index contributed by atoms with van der Waals surface area (Å²) < 4.78 is 11.0. The molecule has 32 heavy (non-hydrogen) atoms. The first-order valence-electron chi connectivity index (χ1n) is 11.4. The summed E-state index contributed by atoms with van der Waals surface area (Å²) in [4.78, 5) is 28.0. The zero-order chi connectivity index (χ0) is 22.5. The van der Waals surface area contributed by atoms with Crippen molar-refractivity contribution in [1.29, 1.82) is 0 Å². The van der Waals surface area contributed by atoms with Gasteiger partial charge in [0.25, 0.3) is 0 Å². The Hall–Kier alpha value is -3.06. The Morgan fingerprint density at radius 3 is 2.56 bits per heavy atom. The van der Waals surface area contributed by atoms with Crippen molar-refractivity contribution in [2.24, 2.45) is 0 Å². The standard InChI is InChI=1S/C25H31N3O4/c1-3-31-24(29)22-21(26-25(30)27-23(22)18-12-10-17(2)11-13-18)16-28(19-7-4-5-8-19)15-20-9-6-14-32-20/h6,9-14,19,23H,3-5,7-8,15-16H2,1-2H3,(H2,26,27,30). The Balaban J connectivity index is 1.71. The third-order valence-electron chi connectivity index (χ3n) is 6.20. The molecular formula is C25H31N3O4. The Labute approximate surface area is 188 Å². The molecule has 4 rings (SSSR count). The number of carbonyl (C=O) groups is 2. The van der Waals surface area contributed by atoms with Gasteiger partial charge in [-0.3, -0.25) is 4.90 Å². The van der Waals surface area contributed by atoms with Crippen molar-refractivity contribution in [2.45, 2.75) is 58.2 Å².